The monoisotopic (exact) mass is 408 g/mol. The lowest BCUT2D eigenvalue weighted by Gasteiger charge is -2.16. The molecule has 0 bridgehead atoms. The highest BCUT2D eigenvalue weighted by molar-refractivity contribution is 6.30. The summed E-state index contributed by atoms with van der Waals surface area (Å²) in [7, 11) is 0. The molecule has 3 aromatic rings. The fourth-order valence-corrected chi connectivity index (χ4v) is 2.89. The number of nitrogens with two attached hydrogens (primary N) is 1. The van der Waals surface area contributed by atoms with Crippen LogP contribution in [0.1, 0.15) is 21.5 Å². The fraction of sp³-hybridized carbons (Fsp3) is 0.130. The van der Waals surface area contributed by atoms with E-state index in [9.17, 15) is 9.59 Å². The molecule has 2 amide bonds. The van der Waals surface area contributed by atoms with Crippen LogP contribution in [0.4, 0.5) is 0 Å². The van der Waals surface area contributed by atoms with Gasteiger partial charge in [-0.25, -0.2) is 0 Å². The standard InChI is InChI=1S/C23H21ClN2O3/c24-19-10-8-18(9-11-19)23(28)26-21(22(25)27)14-16-6-12-20(13-7-16)29-15-17-4-2-1-3-5-17/h1-13,21H,14-15H2,(H2,25,27)(H,26,28)/t21-/m1/s1. The number of amides is 2. The van der Waals surface area contributed by atoms with Crippen LogP contribution in [-0.4, -0.2) is 17.9 Å². The minimum atomic E-state index is -0.825. The van der Waals surface area contributed by atoms with Gasteiger partial charge in [-0.2, -0.15) is 0 Å². The molecule has 29 heavy (non-hydrogen) atoms. The highest BCUT2D eigenvalue weighted by Gasteiger charge is 2.19. The van der Waals surface area contributed by atoms with E-state index in [0.717, 1.165) is 16.9 Å². The van der Waals surface area contributed by atoms with Gasteiger partial charge in [-0.1, -0.05) is 54.1 Å². The molecule has 3 aromatic carbocycles. The number of nitrogens with one attached hydrogen (secondary N) is 1. The Kier molecular flexibility index (Phi) is 6.87. The third kappa shape index (κ3) is 6.09. The van der Waals surface area contributed by atoms with E-state index >= 15 is 0 Å². The zero-order chi connectivity index (χ0) is 20.6. The van der Waals surface area contributed by atoms with E-state index in [4.69, 9.17) is 22.1 Å². The zero-order valence-electron chi connectivity index (χ0n) is 15.7. The lowest BCUT2D eigenvalue weighted by molar-refractivity contribution is -0.119. The minimum absolute atomic E-state index is 0.285. The first-order valence-corrected chi connectivity index (χ1v) is 9.50. The van der Waals surface area contributed by atoms with Gasteiger partial charge in [-0.3, -0.25) is 9.59 Å². The Morgan fingerprint density at radius 3 is 2.17 bits per heavy atom. The largest absolute Gasteiger partial charge is 0.489 e. The lowest BCUT2D eigenvalue weighted by atomic mass is 10.0. The average molecular weight is 409 g/mol. The normalized spacial score (nSPS) is 11.5. The van der Waals surface area contributed by atoms with Crippen molar-refractivity contribution in [2.75, 3.05) is 0 Å². The van der Waals surface area contributed by atoms with E-state index in [-0.39, 0.29) is 12.3 Å². The summed E-state index contributed by atoms with van der Waals surface area (Å²) in [5, 5.41) is 3.20. The maximum absolute atomic E-state index is 12.4. The molecular formula is C23H21ClN2O3. The van der Waals surface area contributed by atoms with Crippen molar-refractivity contribution >= 4 is 23.4 Å². The second kappa shape index (κ2) is 9.75. The molecule has 5 nitrogen and oxygen atoms in total. The molecule has 0 fully saturated rings. The van der Waals surface area contributed by atoms with Gasteiger partial charge in [0.05, 0.1) is 0 Å². The second-order valence-corrected chi connectivity index (χ2v) is 6.99. The van der Waals surface area contributed by atoms with E-state index in [1.807, 2.05) is 54.6 Å². The highest BCUT2D eigenvalue weighted by atomic mass is 35.5. The summed E-state index contributed by atoms with van der Waals surface area (Å²) in [6.45, 7) is 0.473. The summed E-state index contributed by atoms with van der Waals surface area (Å²) >= 11 is 5.83. The van der Waals surface area contributed by atoms with Crippen molar-refractivity contribution < 1.29 is 14.3 Å². The molecule has 0 aliphatic carbocycles. The van der Waals surface area contributed by atoms with Crippen molar-refractivity contribution in [3.05, 3.63) is 101 Å². The summed E-state index contributed by atoms with van der Waals surface area (Å²) in [5.74, 6) is -0.261. The number of carbonyl (C=O) groups excluding carboxylic acids is 2. The van der Waals surface area contributed by atoms with Gasteiger partial charge in [0.2, 0.25) is 5.91 Å². The molecule has 0 saturated carbocycles. The molecule has 0 saturated heterocycles. The van der Waals surface area contributed by atoms with E-state index in [1.54, 1.807) is 24.3 Å². The van der Waals surface area contributed by atoms with Crippen LogP contribution in [0.25, 0.3) is 0 Å². The summed E-state index contributed by atoms with van der Waals surface area (Å²) < 4.78 is 5.76. The van der Waals surface area contributed by atoms with Crippen molar-refractivity contribution in [2.45, 2.75) is 19.1 Å². The summed E-state index contributed by atoms with van der Waals surface area (Å²) in [6, 6.07) is 22.8. The van der Waals surface area contributed by atoms with Crippen molar-refractivity contribution in [3.63, 3.8) is 0 Å². The van der Waals surface area contributed by atoms with E-state index in [1.165, 1.54) is 0 Å². The maximum Gasteiger partial charge on any atom is 0.251 e. The summed E-state index contributed by atoms with van der Waals surface area (Å²) in [4.78, 5) is 24.2. The molecule has 0 aliphatic heterocycles. The van der Waals surface area contributed by atoms with Crippen molar-refractivity contribution in [3.8, 4) is 5.75 Å². The van der Waals surface area contributed by atoms with Gasteiger partial charge in [0.1, 0.15) is 18.4 Å². The van der Waals surface area contributed by atoms with Crippen LogP contribution in [0.5, 0.6) is 5.75 Å². The number of benzene rings is 3. The van der Waals surface area contributed by atoms with E-state index < -0.39 is 11.9 Å². The van der Waals surface area contributed by atoms with Gasteiger partial charge in [0.25, 0.3) is 5.91 Å². The quantitative estimate of drug-likeness (QED) is 0.595. The number of ether oxygens (including phenoxy) is 1. The molecule has 3 N–H and O–H groups in total. The minimum Gasteiger partial charge on any atom is -0.489 e. The SMILES string of the molecule is NC(=O)[C@@H](Cc1ccc(OCc2ccccc2)cc1)NC(=O)c1ccc(Cl)cc1. The first-order valence-electron chi connectivity index (χ1n) is 9.12. The molecule has 3 rings (SSSR count). The Hall–Kier alpha value is -3.31. The van der Waals surface area contributed by atoms with Crippen molar-refractivity contribution in [1.29, 1.82) is 0 Å². The number of carbonyl (C=O) groups is 2. The fourth-order valence-electron chi connectivity index (χ4n) is 2.76. The van der Waals surface area contributed by atoms with Gasteiger partial charge >= 0.3 is 0 Å². The lowest BCUT2D eigenvalue weighted by Crippen LogP contribution is -2.45. The molecule has 0 aliphatic rings. The van der Waals surface area contributed by atoms with Crippen LogP contribution in [0, 0.1) is 0 Å². The number of primary amides is 1. The number of rotatable bonds is 8. The van der Waals surface area contributed by atoms with Crippen LogP contribution in [0.15, 0.2) is 78.9 Å². The molecule has 6 heteroatoms. The Labute approximate surface area is 174 Å². The third-order valence-corrected chi connectivity index (χ3v) is 4.62. The smallest absolute Gasteiger partial charge is 0.251 e. The third-order valence-electron chi connectivity index (χ3n) is 4.37. The van der Waals surface area contributed by atoms with Crippen molar-refractivity contribution in [2.24, 2.45) is 5.73 Å². The molecule has 0 unspecified atom stereocenters. The average Bonchev–Trinajstić information content (AvgIpc) is 2.74. The first-order chi connectivity index (χ1) is 14.0. The van der Waals surface area contributed by atoms with Gasteiger partial charge in [-0.05, 0) is 47.5 Å². The molecular weight excluding hydrogens is 388 g/mol. The predicted molar refractivity (Wildman–Crippen MR) is 113 cm³/mol. The van der Waals surface area contributed by atoms with Crippen LogP contribution >= 0.6 is 11.6 Å². The molecule has 0 aromatic heterocycles. The number of halogens is 1. The van der Waals surface area contributed by atoms with Crippen LogP contribution in [-0.2, 0) is 17.8 Å². The summed E-state index contributed by atoms with van der Waals surface area (Å²) in [5.41, 5.74) is 7.82. The van der Waals surface area contributed by atoms with Crippen molar-refractivity contribution in [1.82, 2.24) is 5.32 Å². The van der Waals surface area contributed by atoms with Crippen LogP contribution in [0.3, 0.4) is 0 Å². The second-order valence-electron chi connectivity index (χ2n) is 6.56. The van der Waals surface area contributed by atoms with E-state index in [0.29, 0.717) is 17.2 Å². The van der Waals surface area contributed by atoms with Gasteiger partial charge < -0.3 is 15.8 Å². The maximum atomic E-state index is 12.4. The Bertz CT molecular complexity index is 958. The van der Waals surface area contributed by atoms with E-state index in [2.05, 4.69) is 5.32 Å². The molecule has 0 radical (unpaired) electrons. The van der Waals surface area contributed by atoms with Crippen LogP contribution < -0.4 is 15.8 Å². The molecule has 1 atom stereocenters. The first kappa shape index (κ1) is 20.4. The number of hydrogen-bond donors (Lipinski definition) is 2. The van der Waals surface area contributed by atoms with Gasteiger partial charge in [-0.15, -0.1) is 0 Å². The van der Waals surface area contributed by atoms with Gasteiger partial charge in [0, 0.05) is 17.0 Å². The summed E-state index contributed by atoms with van der Waals surface area (Å²) in [6.07, 6.45) is 0.285. The van der Waals surface area contributed by atoms with Crippen LogP contribution in [0.2, 0.25) is 5.02 Å². The number of hydrogen-bond acceptors (Lipinski definition) is 3. The molecule has 0 heterocycles. The molecule has 0 spiro atoms. The van der Waals surface area contributed by atoms with Gasteiger partial charge in [0.15, 0.2) is 0 Å². The zero-order valence-corrected chi connectivity index (χ0v) is 16.4. The Balaban J connectivity index is 1.59. The Morgan fingerprint density at radius 1 is 0.897 bits per heavy atom. The predicted octanol–water partition coefficient (Wildman–Crippen LogP) is 3.75. The molecule has 148 valence electrons. The Morgan fingerprint density at radius 2 is 1.55 bits per heavy atom. The topological polar surface area (TPSA) is 81.4 Å². The highest BCUT2D eigenvalue weighted by Crippen LogP contribution is 2.16.